The zero-order valence-corrected chi connectivity index (χ0v) is 7.31. The van der Waals surface area contributed by atoms with E-state index in [1.807, 2.05) is 0 Å². The molecule has 0 aromatic rings. The third kappa shape index (κ3) is 3.05. The fourth-order valence-corrected chi connectivity index (χ4v) is 1.10. The van der Waals surface area contributed by atoms with Crippen LogP contribution in [0, 0.1) is 0 Å². The first-order chi connectivity index (χ1) is 5.83. The monoisotopic (exact) mass is 168 g/mol. The second-order valence-electron chi connectivity index (χ2n) is 3.10. The molecule has 1 aliphatic rings. The Morgan fingerprint density at radius 2 is 2.33 bits per heavy atom. The average molecular weight is 168 g/mol. The van der Waals surface area contributed by atoms with Gasteiger partial charge in [0, 0.05) is 12.6 Å². The largest absolute Gasteiger partial charge is 0.352 e. The topological polar surface area (TPSA) is 41.1 Å². The molecule has 0 spiro atoms. The van der Waals surface area contributed by atoms with Gasteiger partial charge in [-0.05, 0) is 12.8 Å². The Labute approximate surface area is 73.2 Å². The summed E-state index contributed by atoms with van der Waals surface area (Å²) in [6.45, 7) is 4.52. The van der Waals surface area contributed by atoms with E-state index in [4.69, 9.17) is 0 Å². The number of carbonyl (C=O) groups excluding carboxylic acids is 1. The van der Waals surface area contributed by atoms with Crippen molar-refractivity contribution in [3.8, 4) is 0 Å². The van der Waals surface area contributed by atoms with Gasteiger partial charge in [-0.2, -0.15) is 0 Å². The van der Waals surface area contributed by atoms with Crippen LogP contribution < -0.4 is 10.6 Å². The standard InChI is InChI=1S/C9H16N2O/c1-2-6-10-9(12)7-11-8-4-3-5-8/h2,8,11H,1,3-7H2,(H,10,12). The minimum absolute atomic E-state index is 0.0572. The van der Waals surface area contributed by atoms with Crippen molar-refractivity contribution >= 4 is 5.91 Å². The summed E-state index contributed by atoms with van der Waals surface area (Å²) in [6, 6.07) is 0.583. The first-order valence-electron chi connectivity index (χ1n) is 4.44. The molecule has 1 aliphatic carbocycles. The van der Waals surface area contributed by atoms with Gasteiger partial charge in [0.1, 0.15) is 0 Å². The zero-order valence-electron chi connectivity index (χ0n) is 7.31. The van der Waals surface area contributed by atoms with Crippen molar-refractivity contribution in [1.29, 1.82) is 0 Å². The van der Waals surface area contributed by atoms with E-state index in [0.717, 1.165) is 0 Å². The SMILES string of the molecule is C=CCNC(=O)CNC1CCC1. The Morgan fingerprint density at radius 3 is 2.83 bits per heavy atom. The molecule has 0 heterocycles. The summed E-state index contributed by atoms with van der Waals surface area (Å²) in [5, 5.41) is 5.90. The Kier molecular flexibility index (Phi) is 3.80. The van der Waals surface area contributed by atoms with Crippen molar-refractivity contribution in [3.63, 3.8) is 0 Å². The van der Waals surface area contributed by atoms with Crippen LogP contribution >= 0.6 is 0 Å². The summed E-state index contributed by atoms with van der Waals surface area (Å²) in [6.07, 6.45) is 5.41. The minimum Gasteiger partial charge on any atom is -0.352 e. The lowest BCUT2D eigenvalue weighted by Gasteiger charge is -2.26. The van der Waals surface area contributed by atoms with Crippen LogP contribution in [0.3, 0.4) is 0 Å². The lowest BCUT2D eigenvalue weighted by Crippen LogP contribution is -2.42. The average Bonchev–Trinajstić information content (AvgIpc) is 1.98. The molecule has 1 amide bonds. The highest BCUT2D eigenvalue weighted by atomic mass is 16.1. The Bertz CT molecular complexity index is 164. The summed E-state index contributed by atoms with van der Waals surface area (Å²) in [4.78, 5) is 11.0. The number of hydrogen-bond acceptors (Lipinski definition) is 2. The Balaban J connectivity index is 1.97. The molecule has 0 aromatic heterocycles. The van der Waals surface area contributed by atoms with E-state index in [1.54, 1.807) is 6.08 Å². The highest BCUT2D eigenvalue weighted by Crippen LogP contribution is 2.17. The van der Waals surface area contributed by atoms with Crippen molar-refractivity contribution in [2.75, 3.05) is 13.1 Å². The second kappa shape index (κ2) is 4.93. The molecule has 2 N–H and O–H groups in total. The molecule has 0 atom stereocenters. The molecule has 68 valence electrons. The molecular formula is C9H16N2O. The highest BCUT2D eigenvalue weighted by molar-refractivity contribution is 5.78. The summed E-state index contributed by atoms with van der Waals surface area (Å²) in [5.41, 5.74) is 0. The predicted octanol–water partition coefficient (Wildman–Crippen LogP) is 0.431. The lowest BCUT2D eigenvalue weighted by atomic mass is 9.93. The number of hydrogen-bond donors (Lipinski definition) is 2. The second-order valence-corrected chi connectivity index (χ2v) is 3.10. The van der Waals surface area contributed by atoms with Crippen molar-refractivity contribution in [1.82, 2.24) is 10.6 Å². The quantitative estimate of drug-likeness (QED) is 0.584. The molecule has 0 saturated heterocycles. The van der Waals surface area contributed by atoms with Crippen molar-refractivity contribution in [2.45, 2.75) is 25.3 Å². The van der Waals surface area contributed by atoms with Crippen LogP contribution in [0.2, 0.25) is 0 Å². The summed E-state index contributed by atoms with van der Waals surface area (Å²) in [5.74, 6) is 0.0572. The van der Waals surface area contributed by atoms with Gasteiger partial charge in [-0.1, -0.05) is 12.5 Å². The van der Waals surface area contributed by atoms with Crippen LogP contribution in [0.5, 0.6) is 0 Å². The maximum atomic E-state index is 11.0. The van der Waals surface area contributed by atoms with Crippen LogP contribution in [0.15, 0.2) is 12.7 Å². The smallest absolute Gasteiger partial charge is 0.234 e. The minimum atomic E-state index is 0.0572. The lowest BCUT2D eigenvalue weighted by molar-refractivity contribution is -0.120. The third-order valence-electron chi connectivity index (χ3n) is 2.10. The van der Waals surface area contributed by atoms with Crippen molar-refractivity contribution in [2.24, 2.45) is 0 Å². The molecule has 0 aliphatic heterocycles. The molecule has 0 radical (unpaired) electrons. The molecule has 0 bridgehead atoms. The van der Waals surface area contributed by atoms with Gasteiger partial charge in [0.15, 0.2) is 0 Å². The van der Waals surface area contributed by atoms with Crippen molar-refractivity contribution < 1.29 is 4.79 Å². The Morgan fingerprint density at radius 1 is 1.58 bits per heavy atom. The molecular weight excluding hydrogens is 152 g/mol. The van der Waals surface area contributed by atoms with Crippen LogP contribution in [0.25, 0.3) is 0 Å². The van der Waals surface area contributed by atoms with Gasteiger partial charge >= 0.3 is 0 Å². The first kappa shape index (κ1) is 9.26. The van der Waals surface area contributed by atoms with Gasteiger partial charge in [0.2, 0.25) is 5.91 Å². The van der Waals surface area contributed by atoms with Gasteiger partial charge in [0.25, 0.3) is 0 Å². The maximum Gasteiger partial charge on any atom is 0.234 e. The van der Waals surface area contributed by atoms with Crippen molar-refractivity contribution in [3.05, 3.63) is 12.7 Å². The van der Waals surface area contributed by atoms with E-state index in [9.17, 15) is 4.79 Å². The molecule has 3 nitrogen and oxygen atoms in total. The molecule has 12 heavy (non-hydrogen) atoms. The fourth-order valence-electron chi connectivity index (χ4n) is 1.10. The first-order valence-corrected chi connectivity index (χ1v) is 4.44. The Hall–Kier alpha value is -0.830. The third-order valence-corrected chi connectivity index (χ3v) is 2.10. The molecule has 0 unspecified atom stereocenters. The van der Waals surface area contributed by atoms with Gasteiger partial charge in [-0.15, -0.1) is 6.58 Å². The molecule has 0 aromatic carbocycles. The fraction of sp³-hybridized carbons (Fsp3) is 0.667. The highest BCUT2D eigenvalue weighted by Gasteiger charge is 2.16. The van der Waals surface area contributed by atoms with Crippen LogP contribution in [-0.4, -0.2) is 25.0 Å². The van der Waals surface area contributed by atoms with Gasteiger partial charge in [0.05, 0.1) is 6.54 Å². The summed E-state index contributed by atoms with van der Waals surface area (Å²) < 4.78 is 0. The molecule has 1 rings (SSSR count). The summed E-state index contributed by atoms with van der Waals surface area (Å²) >= 11 is 0. The normalized spacial score (nSPS) is 16.7. The van der Waals surface area contributed by atoms with E-state index in [0.29, 0.717) is 19.1 Å². The number of amides is 1. The van der Waals surface area contributed by atoms with Crippen LogP contribution in [-0.2, 0) is 4.79 Å². The van der Waals surface area contributed by atoms with Gasteiger partial charge in [-0.3, -0.25) is 4.79 Å². The van der Waals surface area contributed by atoms with E-state index >= 15 is 0 Å². The number of nitrogens with one attached hydrogen (secondary N) is 2. The molecule has 1 fully saturated rings. The van der Waals surface area contributed by atoms with E-state index in [2.05, 4.69) is 17.2 Å². The van der Waals surface area contributed by atoms with E-state index in [-0.39, 0.29) is 5.91 Å². The van der Waals surface area contributed by atoms with Crippen LogP contribution in [0.4, 0.5) is 0 Å². The van der Waals surface area contributed by atoms with Gasteiger partial charge in [-0.25, -0.2) is 0 Å². The van der Waals surface area contributed by atoms with Crippen LogP contribution in [0.1, 0.15) is 19.3 Å². The van der Waals surface area contributed by atoms with E-state index < -0.39 is 0 Å². The molecule has 3 heteroatoms. The van der Waals surface area contributed by atoms with E-state index in [1.165, 1.54) is 19.3 Å². The molecule has 1 saturated carbocycles. The predicted molar refractivity (Wildman–Crippen MR) is 48.8 cm³/mol. The number of rotatable bonds is 5. The number of carbonyl (C=O) groups is 1. The van der Waals surface area contributed by atoms with Gasteiger partial charge < -0.3 is 10.6 Å². The summed E-state index contributed by atoms with van der Waals surface area (Å²) in [7, 11) is 0. The maximum absolute atomic E-state index is 11.0. The zero-order chi connectivity index (χ0) is 8.81.